The second-order valence-corrected chi connectivity index (χ2v) is 7.06. The zero-order valence-electron chi connectivity index (χ0n) is 14.6. The van der Waals surface area contributed by atoms with Crippen LogP contribution >= 0.6 is 0 Å². The second-order valence-electron chi connectivity index (χ2n) is 7.06. The molecule has 0 amide bonds. The number of likely N-dealkylation sites (N-methyl/N-ethyl adjacent to an activating group) is 1. The third-order valence-electron chi connectivity index (χ3n) is 4.93. The molecule has 20 heavy (non-hydrogen) atoms. The Kier molecular flexibility index (Phi) is 7.83. The number of allylic oxidation sites excluding steroid dienone is 2. The molecular weight excluding hydrogens is 244 g/mol. The summed E-state index contributed by atoms with van der Waals surface area (Å²) in [6, 6.07) is 0.669. The van der Waals surface area contributed by atoms with E-state index in [1.807, 2.05) is 0 Å². The SMILES string of the molecule is CCC(CC)C(CNCC1CC(C)=CC(C)C1)N(C)C. The molecule has 0 aromatic rings. The molecule has 0 spiro atoms. The van der Waals surface area contributed by atoms with E-state index in [4.69, 9.17) is 0 Å². The van der Waals surface area contributed by atoms with Crippen molar-refractivity contribution in [2.75, 3.05) is 27.2 Å². The molecule has 2 nitrogen and oxygen atoms in total. The number of nitrogens with zero attached hydrogens (tertiary/aromatic N) is 1. The minimum absolute atomic E-state index is 0.669. The van der Waals surface area contributed by atoms with Gasteiger partial charge in [0.25, 0.3) is 0 Å². The standard InChI is InChI=1S/C18H36N2/c1-7-17(8-2)18(20(5)6)13-19-12-16-10-14(3)9-15(4)11-16/h9,14,16-19H,7-8,10-13H2,1-6H3. The number of nitrogens with one attached hydrogen (secondary N) is 1. The third kappa shape index (κ3) is 5.57. The van der Waals surface area contributed by atoms with Gasteiger partial charge in [0.2, 0.25) is 0 Å². The van der Waals surface area contributed by atoms with Crippen molar-refractivity contribution < 1.29 is 0 Å². The van der Waals surface area contributed by atoms with Crippen LogP contribution in [0, 0.1) is 17.8 Å². The molecule has 3 unspecified atom stereocenters. The third-order valence-corrected chi connectivity index (χ3v) is 4.93. The molecule has 0 aromatic carbocycles. The van der Waals surface area contributed by atoms with Crippen molar-refractivity contribution in [1.82, 2.24) is 10.2 Å². The van der Waals surface area contributed by atoms with Crippen molar-refractivity contribution in [3.05, 3.63) is 11.6 Å². The normalized spacial score (nSPS) is 25.1. The first-order valence-electron chi connectivity index (χ1n) is 8.52. The largest absolute Gasteiger partial charge is 0.315 e. The first kappa shape index (κ1) is 17.7. The molecule has 1 aliphatic rings. The Bertz CT molecular complexity index is 292. The molecule has 0 bridgehead atoms. The molecule has 0 heterocycles. The van der Waals surface area contributed by atoms with E-state index >= 15 is 0 Å². The molecule has 0 saturated carbocycles. The summed E-state index contributed by atoms with van der Waals surface area (Å²) in [6.45, 7) is 11.6. The van der Waals surface area contributed by atoms with Crippen molar-refractivity contribution >= 4 is 0 Å². The van der Waals surface area contributed by atoms with Crippen LogP contribution in [-0.2, 0) is 0 Å². The Morgan fingerprint density at radius 1 is 1.30 bits per heavy atom. The highest BCUT2D eigenvalue weighted by Gasteiger charge is 2.22. The minimum atomic E-state index is 0.669. The van der Waals surface area contributed by atoms with Crippen LogP contribution in [0.15, 0.2) is 11.6 Å². The first-order chi connectivity index (χ1) is 9.47. The zero-order chi connectivity index (χ0) is 15.1. The van der Waals surface area contributed by atoms with Crippen molar-refractivity contribution in [1.29, 1.82) is 0 Å². The van der Waals surface area contributed by atoms with Crippen molar-refractivity contribution in [3.8, 4) is 0 Å². The molecule has 1 N–H and O–H groups in total. The van der Waals surface area contributed by atoms with E-state index in [2.05, 4.69) is 58.1 Å². The number of rotatable bonds is 8. The van der Waals surface area contributed by atoms with Gasteiger partial charge in [0, 0.05) is 12.6 Å². The molecule has 118 valence electrons. The van der Waals surface area contributed by atoms with E-state index in [9.17, 15) is 0 Å². The van der Waals surface area contributed by atoms with Gasteiger partial charge in [-0.3, -0.25) is 0 Å². The molecule has 0 fully saturated rings. The van der Waals surface area contributed by atoms with Gasteiger partial charge in [-0.25, -0.2) is 0 Å². The van der Waals surface area contributed by atoms with Crippen LogP contribution in [0.2, 0.25) is 0 Å². The average Bonchev–Trinajstić information content (AvgIpc) is 2.36. The highest BCUT2D eigenvalue weighted by molar-refractivity contribution is 5.06. The van der Waals surface area contributed by atoms with Gasteiger partial charge in [0.1, 0.15) is 0 Å². The average molecular weight is 280 g/mol. The monoisotopic (exact) mass is 280 g/mol. The summed E-state index contributed by atoms with van der Waals surface area (Å²) in [5, 5.41) is 3.76. The fourth-order valence-corrected chi connectivity index (χ4v) is 3.88. The summed E-state index contributed by atoms with van der Waals surface area (Å²) in [5.41, 5.74) is 1.58. The van der Waals surface area contributed by atoms with E-state index in [0.717, 1.165) is 24.3 Å². The van der Waals surface area contributed by atoms with Gasteiger partial charge >= 0.3 is 0 Å². The molecule has 3 atom stereocenters. The van der Waals surface area contributed by atoms with Crippen LogP contribution in [0.25, 0.3) is 0 Å². The summed E-state index contributed by atoms with van der Waals surface area (Å²) < 4.78 is 0. The molecule has 0 aliphatic heterocycles. The van der Waals surface area contributed by atoms with Crippen LogP contribution in [0.4, 0.5) is 0 Å². The zero-order valence-corrected chi connectivity index (χ0v) is 14.6. The maximum absolute atomic E-state index is 3.76. The van der Waals surface area contributed by atoms with Crippen molar-refractivity contribution in [2.24, 2.45) is 17.8 Å². The van der Waals surface area contributed by atoms with E-state index in [1.165, 1.54) is 32.2 Å². The Balaban J connectivity index is 2.39. The van der Waals surface area contributed by atoms with Gasteiger partial charge in [-0.1, -0.05) is 45.3 Å². The van der Waals surface area contributed by atoms with Gasteiger partial charge in [0.15, 0.2) is 0 Å². The lowest BCUT2D eigenvalue weighted by Gasteiger charge is -2.33. The van der Waals surface area contributed by atoms with Gasteiger partial charge in [-0.2, -0.15) is 0 Å². The molecule has 0 radical (unpaired) electrons. The van der Waals surface area contributed by atoms with Crippen LogP contribution in [0.3, 0.4) is 0 Å². The topological polar surface area (TPSA) is 15.3 Å². The lowest BCUT2D eigenvalue weighted by Crippen LogP contribution is -2.44. The predicted molar refractivity (Wildman–Crippen MR) is 90.1 cm³/mol. The fourth-order valence-electron chi connectivity index (χ4n) is 3.88. The Hall–Kier alpha value is -0.340. The lowest BCUT2D eigenvalue weighted by atomic mass is 9.83. The molecule has 1 aliphatic carbocycles. The Labute approximate surface area is 127 Å². The van der Waals surface area contributed by atoms with E-state index in [1.54, 1.807) is 5.57 Å². The van der Waals surface area contributed by atoms with E-state index in [0.29, 0.717) is 6.04 Å². The highest BCUT2D eigenvalue weighted by Crippen LogP contribution is 2.27. The van der Waals surface area contributed by atoms with Crippen LogP contribution in [-0.4, -0.2) is 38.1 Å². The van der Waals surface area contributed by atoms with Gasteiger partial charge < -0.3 is 10.2 Å². The summed E-state index contributed by atoms with van der Waals surface area (Å²) in [5.74, 6) is 2.41. The number of hydrogen-bond acceptors (Lipinski definition) is 2. The summed E-state index contributed by atoms with van der Waals surface area (Å²) >= 11 is 0. The summed E-state index contributed by atoms with van der Waals surface area (Å²) in [6.07, 6.45) is 7.65. The first-order valence-corrected chi connectivity index (χ1v) is 8.52. The minimum Gasteiger partial charge on any atom is -0.315 e. The Morgan fingerprint density at radius 2 is 1.95 bits per heavy atom. The predicted octanol–water partition coefficient (Wildman–Crippen LogP) is 3.93. The second kappa shape index (κ2) is 8.84. The summed E-state index contributed by atoms with van der Waals surface area (Å²) in [4.78, 5) is 2.40. The molecule has 2 heteroatoms. The van der Waals surface area contributed by atoms with Gasteiger partial charge in [0.05, 0.1) is 0 Å². The van der Waals surface area contributed by atoms with Crippen molar-refractivity contribution in [2.45, 2.75) is 59.4 Å². The maximum atomic E-state index is 3.76. The highest BCUT2D eigenvalue weighted by atomic mass is 15.1. The van der Waals surface area contributed by atoms with Crippen LogP contribution in [0.1, 0.15) is 53.4 Å². The van der Waals surface area contributed by atoms with E-state index in [-0.39, 0.29) is 0 Å². The molecule has 1 rings (SSSR count). The van der Waals surface area contributed by atoms with Crippen LogP contribution < -0.4 is 5.32 Å². The van der Waals surface area contributed by atoms with Crippen LogP contribution in [0.5, 0.6) is 0 Å². The maximum Gasteiger partial charge on any atom is 0.0242 e. The Morgan fingerprint density at radius 3 is 2.45 bits per heavy atom. The molecule has 0 aromatic heterocycles. The van der Waals surface area contributed by atoms with Gasteiger partial charge in [-0.15, -0.1) is 0 Å². The van der Waals surface area contributed by atoms with E-state index < -0.39 is 0 Å². The number of hydrogen-bond donors (Lipinski definition) is 1. The quantitative estimate of drug-likeness (QED) is 0.678. The fraction of sp³-hybridized carbons (Fsp3) is 0.889. The van der Waals surface area contributed by atoms with Gasteiger partial charge in [-0.05, 0) is 58.2 Å². The lowest BCUT2D eigenvalue weighted by molar-refractivity contribution is 0.191. The smallest absolute Gasteiger partial charge is 0.0242 e. The molecule has 0 saturated heterocycles. The molecular formula is C18H36N2. The summed E-state index contributed by atoms with van der Waals surface area (Å²) in [7, 11) is 4.44. The van der Waals surface area contributed by atoms with Crippen molar-refractivity contribution in [3.63, 3.8) is 0 Å².